The fourth-order valence-electron chi connectivity index (χ4n) is 4.08. The zero-order valence-electron chi connectivity index (χ0n) is 19.6. The molecule has 9 heteroatoms. The average molecular weight is 459 g/mol. The van der Waals surface area contributed by atoms with Crippen molar-refractivity contribution in [2.24, 2.45) is 0 Å². The molecule has 0 spiro atoms. The first-order valence-corrected chi connectivity index (χ1v) is 11.7. The number of carbonyl (C=O) groups excluding carboxylic acids is 1. The normalized spacial score (nSPS) is 14.9. The van der Waals surface area contributed by atoms with E-state index in [-0.39, 0.29) is 5.91 Å². The molecule has 1 aliphatic rings. The average Bonchev–Trinajstić information content (AvgIpc) is 3.34. The Morgan fingerprint density at radius 2 is 2.03 bits per heavy atom. The van der Waals surface area contributed by atoms with Crippen LogP contribution in [0.3, 0.4) is 0 Å². The van der Waals surface area contributed by atoms with Crippen molar-refractivity contribution in [2.75, 3.05) is 18.4 Å². The van der Waals surface area contributed by atoms with Crippen LogP contribution in [0.25, 0.3) is 11.3 Å². The van der Waals surface area contributed by atoms with Crippen LogP contribution in [0.4, 0.5) is 11.6 Å². The van der Waals surface area contributed by atoms with E-state index in [2.05, 4.69) is 32.1 Å². The van der Waals surface area contributed by atoms with Gasteiger partial charge in [-0.15, -0.1) is 0 Å². The molecule has 1 fully saturated rings. The Morgan fingerprint density at radius 3 is 2.74 bits per heavy atom. The molecule has 34 heavy (non-hydrogen) atoms. The van der Waals surface area contributed by atoms with E-state index in [4.69, 9.17) is 4.98 Å². The molecule has 176 valence electrons. The number of benzene rings is 1. The minimum absolute atomic E-state index is 0.251. The lowest BCUT2D eigenvalue weighted by Crippen LogP contribution is -2.33. The molecule has 3 N–H and O–H groups in total. The fraction of sp³-hybridized carbons (Fsp3) is 0.400. The third-order valence-corrected chi connectivity index (χ3v) is 5.97. The number of piperidine rings is 1. The largest absolute Gasteiger partial charge is 0.336 e. The summed E-state index contributed by atoms with van der Waals surface area (Å²) in [5.41, 5.74) is 3.96. The molecule has 1 atom stereocenters. The van der Waals surface area contributed by atoms with Crippen LogP contribution >= 0.6 is 0 Å². The summed E-state index contributed by atoms with van der Waals surface area (Å²) in [6.45, 7) is 5.96. The number of nitrogens with zero attached hydrogens (tertiary/aromatic N) is 5. The molecular weight excluding hydrogens is 428 g/mol. The lowest BCUT2D eigenvalue weighted by atomic mass is 10.1. The molecule has 9 nitrogen and oxygen atoms in total. The molecule has 4 rings (SSSR count). The number of hydrogen-bond donors (Lipinski definition) is 3. The van der Waals surface area contributed by atoms with Crippen LogP contribution in [0.1, 0.15) is 54.6 Å². The maximum atomic E-state index is 12.5. The van der Waals surface area contributed by atoms with Gasteiger partial charge < -0.3 is 16.0 Å². The SMILES string of the molecule is CCCC(C#N)NC(=O)c1ccc(-c2nc(Nc3cnn(C4CCNCC4)c3)ncc2C)cc1. The second-order valence-corrected chi connectivity index (χ2v) is 8.56. The van der Waals surface area contributed by atoms with Crippen LogP contribution in [0, 0.1) is 18.3 Å². The Labute approximate surface area is 199 Å². The number of carbonyl (C=O) groups is 1. The first kappa shape index (κ1) is 23.4. The van der Waals surface area contributed by atoms with Gasteiger partial charge >= 0.3 is 0 Å². The Kier molecular flexibility index (Phi) is 7.50. The molecule has 0 aliphatic carbocycles. The zero-order chi connectivity index (χ0) is 23.9. The van der Waals surface area contributed by atoms with E-state index >= 15 is 0 Å². The van der Waals surface area contributed by atoms with Gasteiger partial charge in [0.05, 0.1) is 29.7 Å². The van der Waals surface area contributed by atoms with Crippen LogP contribution in [-0.2, 0) is 0 Å². The van der Waals surface area contributed by atoms with Gasteiger partial charge in [-0.05, 0) is 57.0 Å². The minimum Gasteiger partial charge on any atom is -0.336 e. The topological polar surface area (TPSA) is 121 Å². The van der Waals surface area contributed by atoms with Crippen LogP contribution in [0.2, 0.25) is 0 Å². The van der Waals surface area contributed by atoms with E-state index in [0.717, 1.165) is 54.9 Å². The molecule has 1 aliphatic heterocycles. The van der Waals surface area contributed by atoms with Crippen molar-refractivity contribution < 1.29 is 4.79 Å². The summed E-state index contributed by atoms with van der Waals surface area (Å²) >= 11 is 0. The highest BCUT2D eigenvalue weighted by molar-refractivity contribution is 5.95. The molecule has 1 unspecified atom stereocenters. The van der Waals surface area contributed by atoms with Gasteiger partial charge in [0.2, 0.25) is 5.95 Å². The molecule has 1 saturated heterocycles. The third kappa shape index (κ3) is 5.58. The van der Waals surface area contributed by atoms with E-state index in [1.807, 2.05) is 36.9 Å². The second-order valence-electron chi connectivity index (χ2n) is 8.56. The lowest BCUT2D eigenvalue weighted by Gasteiger charge is -2.22. The van der Waals surface area contributed by atoms with Crippen molar-refractivity contribution in [3.63, 3.8) is 0 Å². The number of rotatable bonds is 8. The van der Waals surface area contributed by atoms with Crippen molar-refractivity contribution in [3.8, 4) is 17.3 Å². The van der Waals surface area contributed by atoms with Crippen molar-refractivity contribution in [3.05, 3.63) is 54.0 Å². The summed E-state index contributed by atoms with van der Waals surface area (Å²) < 4.78 is 2.01. The van der Waals surface area contributed by atoms with Crippen molar-refractivity contribution in [2.45, 2.75) is 51.6 Å². The molecule has 3 aromatic rings. The van der Waals surface area contributed by atoms with E-state index in [9.17, 15) is 10.1 Å². The predicted octanol–water partition coefficient (Wildman–Crippen LogP) is 3.74. The van der Waals surface area contributed by atoms with Crippen LogP contribution < -0.4 is 16.0 Å². The number of nitrogens with one attached hydrogen (secondary N) is 3. The summed E-state index contributed by atoms with van der Waals surface area (Å²) in [6.07, 6.45) is 9.17. The summed E-state index contributed by atoms with van der Waals surface area (Å²) in [5.74, 6) is 0.239. The van der Waals surface area contributed by atoms with Crippen molar-refractivity contribution >= 4 is 17.5 Å². The quantitative estimate of drug-likeness (QED) is 0.470. The maximum absolute atomic E-state index is 12.5. The third-order valence-electron chi connectivity index (χ3n) is 5.97. The Balaban J connectivity index is 1.46. The van der Waals surface area contributed by atoms with E-state index in [1.165, 1.54) is 0 Å². The number of anilines is 2. The maximum Gasteiger partial charge on any atom is 0.252 e. The zero-order valence-corrected chi connectivity index (χ0v) is 19.6. The van der Waals surface area contributed by atoms with Crippen molar-refractivity contribution in [1.82, 2.24) is 30.4 Å². The number of aromatic nitrogens is 4. The second kappa shape index (κ2) is 10.9. The Hall–Kier alpha value is -3.77. The minimum atomic E-state index is -0.478. The Bertz CT molecular complexity index is 1160. The van der Waals surface area contributed by atoms with Crippen molar-refractivity contribution in [1.29, 1.82) is 5.26 Å². The van der Waals surface area contributed by atoms with Gasteiger partial charge in [0.1, 0.15) is 6.04 Å². The van der Waals surface area contributed by atoms with Crippen LogP contribution in [0.15, 0.2) is 42.9 Å². The van der Waals surface area contributed by atoms with Gasteiger partial charge in [0.25, 0.3) is 5.91 Å². The van der Waals surface area contributed by atoms with Gasteiger partial charge in [-0.1, -0.05) is 25.5 Å². The molecule has 2 aromatic heterocycles. The van der Waals surface area contributed by atoms with E-state index in [1.54, 1.807) is 24.5 Å². The highest BCUT2D eigenvalue weighted by atomic mass is 16.1. The molecule has 3 heterocycles. The highest BCUT2D eigenvalue weighted by Gasteiger charge is 2.17. The molecule has 0 radical (unpaired) electrons. The first-order valence-electron chi connectivity index (χ1n) is 11.7. The number of amides is 1. The summed E-state index contributed by atoms with van der Waals surface area (Å²) in [4.78, 5) is 21.6. The van der Waals surface area contributed by atoms with Gasteiger partial charge in [-0.3, -0.25) is 9.48 Å². The molecule has 1 amide bonds. The predicted molar refractivity (Wildman–Crippen MR) is 131 cm³/mol. The molecule has 1 aromatic carbocycles. The van der Waals surface area contributed by atoms with Gasteiger partial charge in [0.15, 0.2) is 0 Å². The van der Waals surface area contributed by atoms with E-state index in [0.29, 0.717) is 24.0 Å². The lowest BCUT2D eigenvalue weighted by molar-refractivity contribution is 0.0944. The highest BCUT2D eigenvalue weighted by Crippen LogP contribution is 2.25. The Morgan fingerprint density at radius 1 is 1.26 bits per heavy atom. The van der Waals surface area contributed by atoms with Gasteiger partial charge in [-0.2, -0.15) is 10.4 Å². The molecule has 0 bridgehead atoms. The number of hydrogen-bond acceptors (Lipinski definition) is 7. The molecule has 0 saturated carbocycles. The summed E-state index contributed by atoms with van der Waals surface area (Å²) in [5, 5.41) is 23.1. The first-order chi connectivity index (χ1) is 16.6. The van der Waals surface area contributed by atoms with E-state index < -0.39 is 6.04 Å². The fourth-order valence-corrected chi connectivity index (χ4v) is 4.08. The van der Waals surface area contributed by atoms with Gasteiger partial charge in [0, 0.05) is 23.5 Å². The summed E-state index contributed by atoms with van der Waals surface area (Å²) in [7, 11) is 0. The number of aryl methyl sites for hydroxylation is 1. The summed E-state index contributed by atoms with van der Waals surface area (Å²) in [6, 6.07) is 9.30. The van der Waals surface area contributed by atoms with Gasteiger partial charge in [-0.25, -0.2) is 9.97 Å². The smallest absolute Gasteiger partial charge is 0.252 e. The molecular formula is C25H30N8O. The van der Waals surface area contributed by atoms with Crippen LogP contribution in [0.5, 0.6) is 0 Å². The van der Waals surface area contributed by atoms with Crippen LogP contribution in [-0.4, -0.2) is 44.8 Å². The number of nitriles is 1. The standard InChI is InChI=1S/C25H30N8O/c1-3-4-20(13-26)30-24(34)19-7-5-18(6-8-19)23-17(2)14-28-25(32-23)31-21-15-29-33(16-21)22-9-11-27-12-10-22/h5-8,14-16,20,22,27H,3-4,9-12H2,1-2H3,(H,30,34)(H,28,31,32). The monoisotopic (exact) mass is 458 g/mol.